The standard InChI is InChI=1S/C22H16O6/c1-27-15-6-2-12(3-7-15)20(23)13-4-8-16-19(11-13)28-18-9-5-14(22(25)26)10-17(18)21(16)24/h2-11,20,23H,1H3,(H,25,26). The summed E-state index contributed by atoms with van der Waals surface area (Å²) in [6.45, 7) is 0. The second kappa shape index (κ2) is 6.83. The maximum atomic E-state index is 12.8. The fraction of sp³-hybridized carbons (Fsp3) is 0.0909. The van der Waals surface area contributed by atoms with Crippen LogP contribution in [0.2, 0.25) is 0 Å². The smallest absolute Gasteiger partial charge is 0.335 e. The largest absolute Gasteiger partial charge is 0.497 e. The molecule has 4 aromatic rings. The summed E-state index contributed by atoms with van der Waals surface area (Å²) in [6.07, 6.45) is -0.898. The molecule has 0 saturated heterocycles. The van der Waals surface area contributed by atoms with Crippen LogP contribution >= 0.6 is 0 Å². The molecule has 3 aromatic carbocycles. The van der Waals surface area contributed by atoms with Gasteiger partial charge in [-0.2, -0.15) is 0 Å². The van der Waals surface area contributed by atoms with Crippen molar-refractivity contribution in [2.24, 2.45) is 0 Å². The van der Waals surface area contributed by atoms with Gasteiger partial charge in [0.2, 0.25) is 5.43 Å². The molecule has 0 saturated carbocycles. The molecule has 0 aliphatic rings. The molecule has 140 valence electrons. The summed E-state index contributed by atoms with van der Waals surface area (Å²) in [5, 5.41) is 20.3. The predicted octanol–water partition coefficient (Wildman–Crippen LogP) is 3.73. The van der Waals surface area contributed by atoms with Crippen LogP contribution in [0.1, 0.15) is 27.6 Å². The number of methoxy groups -OCH3 is 1. The van der Waals surface area contributed by atoms with Crippen molar-refractivity contribution < 1.29 is 24.2 Å². The Morgan fingerprint density at radius 3 is 2.32 bits per heavy atom. The molecule has 0 bridgehead atoms. The molecule has 1 atom stereocenters. The van der Waals surface area contributed by atoms with Gasteiger partial charge in [-0.05, 0) is 53.6 Å². The molecule has 1 heterocycles. The van der Waals surface area contributed by atoms with Crippen LogP contribution in [0.15, 0.2) is 69.9 Å². The highest BCUT2D eigenvalue weighted by Crippen LogP contribution is 2.27. The molecule has 6 nitrogen and oxygen atoms in total. The topological polar surface area (TPSA) is 97.0 Å². The lowest BCUT2D eigenvalue weighted by Crippen LogP contribution is -2.06. The van der Waals surface area contributed by atoms with E-state index in [1.807, 2.05) is 0 Å². The number of carboxylic acids is 1. The Morgan fingerprint density at radius 1 is 0.929 bits per heavy atom. The van der Waals surface area contributed by atoms with Crippen molar-refractivity contribution in [1.29, 1.82) is 0 Å². The van der Waals surface area contributed by atoms with E-state index in [0.717, 1.165) is 0 Å². The number of aliphatic hydroxyl groups is 1. The van der Waals surface area contributed by atoms with Crippen molar-refractivity contribution in [2.75, 3.05) is 7.11 Å². The molecule has 0 amide bonds. The zero-order valence-electron chi connectivity index (χ0n) is 14.9. The minimum Gasteiger partial charge on any atom is -0.497 e. The van der Waals surface area contributed by atoms with E-state index >= 15 is 0 Å². The van der Waals surface area contributed by atoms with Gasteiger partial charge in [0, 0.05) is 0 Å². The molecule has 0 aliphatic carbocycles. The number of ether oxygens (including phenoxy) is 1. The third kappa shape index (κ3) is 3.00. The maximum absolute atomic E-state index is 12.8. The number of benzene rings is 3. The molecule has 0 radical (unpaired) electrons. The number of hydrogen-bond acceptors (Lipinski definition) is 5. The zero-order valence-corrected chi connectivity index (χ0v) is 14.9. The number of aliphatic hydroxyl groups excluding tert-OH is 1. The van der Waals surface area contributed by atoms with Gasteiger partial charge in [-0.25, -0.2) is 4.79 Å². The Labute approximate surface area is 159 Å². The number of carboxylic acid groups (broad SMARTS) is 1. The van der Waals surface area contributed by atoms with Gasteiger partial charge in [-0.15, -0.1) is 0 Å². The highest BCUT2D eigenvalue weighted by Gasteiger charge is 2.15. The van der Waals surface area contributed by atoms with Gasteiger partial charge in [-0.3, -0.25) is 4.79 Å². The molecule has 6 heteroatoms. The lowest BCUT2D eigenvalue weighted by molar-refractivity contribution is 0.0697. The Hall–Kier alpha value is -3.64. The number of fused-ring (bicyclic) bond motifs is 2. The highest BCUT2D eigenvalue weighted by molar-refractivity contribution is 5.96. The fourth-order valence-electron chi connectivity index (χ4n) is 3.15. The number of hydrogen-bond donors (Lipinski definition) is 2. The predicted molar refractivity (Wildman–Crippen MR) is 104 cm³/mol. The minimum atomic E-state index is -1.11. The fourth-order valence-corrected chi connectivity index (χ4v) is 3.15. The molecule has 0 fully saturated rings. The molecule has 1 unspecified atom stereocenters. The third-order valence-electron chi connectivity index (χ3n) is 4.69. The summed E-state index contributed by atoms with van der Waals surface area (Å²) in [6, 6.07) is 16.0. The summed E-state index contributed by atoms with van der Waals surface area (Å²) in [7, 11) is 1.57. The average Bonchev–Trinajstić information content (AvgIpc) is 2.72. The Kier molecular flexibility index (Phi) is 4.33. The normalized spacial score (nSPS) is 12.2. The number of aromatic carboxylic acids is 1. The van der Waals surface area contributed by atoms with Crippen LogP contribution in [0.4, 0.5) is 0 Å². The van der Waals surface area contributed by atoms with Gasteiger partial charge in [0.05, 0.1) is 23.4 Å². The average molecular weight is 376 g/mol. The lowest BCUT2D eigenvalue weighted by Gasteiger charge is -2.13. The monoisotopic (exact) mass is 376 g/mol. The quantitative estimate of drug-likeness (QED) is 0.527. The zero-order chi connectivity index (χ0) is 19.8. The summed E-state index contributed by atoms with van der Waals surface area (Å²) in [4.78, 5) is 23.9. The van der Waals surface area contributed by atoms with Crippen molar-refractivity contribution in [3.63, 3.8) is 0 Å². The summed E-state index contributed by atoms with van der Waals surface area (Å²) >= 11 is 0. The first kappa shape index (κ1) is 17.8. The van der Waals surface area contributed by atoms with Crippen LogP contribution in [0.3, 0.4) is 0 Å². The first-order valence-electron chi connectivity index (χ1n) is 8.54. The second-order valence-electron chi connectivity index (χ2n) is 6.38. The Morgan fingerprint density at radius 2 is 1.64 bits per heavy atom. The van der Waals surface area contributed by atoms with Crippen molar-refractivity contribution in [2.45, 2.75) is 6.10 Å². The molecule has 28 heavy (non-hydrogen) atoms. The van der Waals surface area contributed by atoms with E-state index in [1.54, 1.807) is 49.6 Å². The van der Waals surface area contributed by atoms with Crippen molar-refractivity contribution in [1.82, 2.24) is 0 Å². The molecular formula is C22H16O6. The van der Waals surface area contributed by atoms with Crippen LogP contribution in [0.25, 0.3) is 21.9 Å². The minimum absolute atomic E-state index is 0.0192. The van der Waals surface area contributed by atoms with Gasteiger partial charge >= 0.3 is 5.97 Å². The Bertz CT molecular complexity index is 1250. The SMILES string of the molecule is COc1ccc(C(O)c2ccc3c(=O)c4cc(C(=O)O)ccc4oc3c2)cc1. The van der Waals surface area contributed by atoms with E-state index in [-0.39, 0.29) is 16.4 Å². The van der Waals surface area contributed by atoms with Crippen LogP contribution in [-0.2, 0) is 0 Å². The van der Waals surface area contributed by atoms with Crippen LogP contribution in [0.5, 0.6) is 5.75 Å². The van der Waals surface area contributed by atoms with Gasteiger partial charge in [0.1, 0.15) is 23.0 Å². The number of rotatable bonds is 4. The van der Waals surface area contributed by atoms with E-state index in [0.29, 0.717) is 33.4 Å². The number of carbonyl (C=O) groups is 1. The molecule has 1 aromatic heterocycles. The summed E-state index contributed by atoms with van der Waals surface area (Å²) in [5.41, 5.74) is 1.57. The molecule has 2 N–H and O–H groups in total. The highest BCUT2D eigenvalue weighted by atomic mass is 16.5. The molecule has 0 aliphatic heterocycles. The van der Waals surface area contributed by atoms with E-state index in [9.17, 15) is 14.7 Å². The van der Waals surface area contributed by atoms with Crippen LogP contribution in [-0.4, -0.2) is 23.3 Å². The summed E-state index contributed by atoms with van der Waals surface area (Å²) in [5.74, 6) is -0.424. The van der Waals surface area contributed by atoms with Crippen molar-refractivity contribution in [3.05, 3.63) is 87.6 Å². The first-order chi connectivity index (χ1) is 13.5. The van der Waals surface area contributed by atoms with Crippen molar-refractivity contribution in [3.8, 4) is 5.75 Å². The van der Waals surface area contributed by atoms with E-state index < -0.39 is 12.1 Å². The van der Waals surface area contributed by atoms with Gasteiger partial charge < -0.3 is 19.4 Å². The Balaban J connectivity index is 1.82. The van der Waals surface area contributed by atoms with Gasteiger partial charge in [-0.1, -0.05) is 18.2 Å². The van der Waals surface area contributed by atoms with E-state index in [4.69, 9.17) is 14.3 Å². The van der Waals surface area contributed by atoms with Crippen LogP contribution < -0.4 is 10.2 Å². The first-order valence-corrected chi connectivity index (χ1v) is 8.54. The third-order valence-corrected chi connectivity index (χ3v) is 4.69. The van der Waals surface area contributed by atoms with Crippen LogP contribution in [0, 0.1) is 0 Å². The van der Waals surface area contributed by atoms with E-state index in [2.05, 4.69) is 0 Å². The lowest BCUT2D eigenvalue weighted by atomic mass is 10.00. The van der Waals surface area contributed by atoms with Crippen molar-refractivity contribution >= 4 is 27.9 Å². The molecular weight excluding hydrogens is 360 g/mol. The van der Waals surface area contributed by atoms with Gasteiger partial charge in [0.25, 0.3) is 0 Å². The summed E-state index contributed by atoms with van der Waals surface area (Å²) < 4.78 is 10.9. The van der Waals surface area contributed by atoms with E-state index in [1.165, 1.54) is 18.2 Å². The molecule has 4 rings (SSSR count). The van der Waals surface area contributed by atoms with Gasteiger partial charge in [0.15, 0.2) is 0 Å². The molecule has 0 spiro atoms. The second-order valence-corrected chi connectivity index (χ2v) is 6.38. The maximum Gasteiger partial charge on any atom is 0.335 e.